The number of amides is 2. The van der Waals surface area contributed by atoms with E-state index < -0.39 is 11.8 Å². The molecule has 0 aromatic heterocycles. The lowest BCUT2D eigenvalue weighted by atomic mass is 10.1. The summed E-state index contributed by atoms with van der Waals surface area (Å²) in [4.78, 5) is 24.9. The summed E-state index contributed by atoms with van der Waals surface area (Å²) in [7, 11) is 0. The Morgan fingerprint density at radius 1 is 0.788 bits per heavy atom. The number of carbonyl (C=O) groups is 2. The first-order valence-electron chi connectivity index (χ1n) is 12.6. The molecule has 0 fully saturated rings. The van der Waals surface area contributed by atoms with Crippen molar-refractivity contribution in [2.24, 2.45) is 0 Å². The molecule has 1 aliphatic rings. The van der Waals surface area contributed by atoms with Gasteiger partial charge >= 0.3 is 11.8 Å². The van der Waals surface area contributed by atoms with Crippen molar-refractivity contribution >= 4 is 23.2 Å². The molecule has 0 atom stereocenters. The summed E-state index contributed by atoms with van der Waals surface area (Å²) in [5.74, 6) is -0.785. The fraction of sp³-hybridized carbons (Fsp3) is 0.500. The summed E-state index contributed by atoms with van der Waals surface area (Å²) < 4.78 is 5.90. The topological polar surface area (TPSA) is 67.4 Å². The number of anilines is 2. The maximum atomic E-state index is 12.5. The van der Waals surface area contributed by atoms with E-state index >= 15 is 0 Å². The highest BCUT2D eigenvalue weighted by molar-refractivity contribution is 6.43. The van der Waals surface area contributed by atoms with Crippen LogP contribution in [0.4, 0.5) is 11.4 Å². The fourth-order valence-corrected chi connectivity index (χ4v) is 4.31. The van der Waals surface area contributed by atoms with Gasteiger partial charge in [0.15, 0.2) is 0 Å². The van der Waals surface area contributed by atoms with Crippen molar-refractivity contribution in [2.45, 2.75) is 84.0 Å². The van der Waals surface area contributed by atoms with Gasteiger partial charge in [-0.15, -0.1) is 0 Å². The minimum Gasteiger partial charge on any atom is -0.491 e. The van der Waals surface area contributed by atoms with Crippen molar-refractivity contribution < 1.29 is 14.3 Å². The van der Waals surface area contributed by atoms with Gasteiger partial charge in [0.2, 0.25) is 0 Å². The summed E-state index contributed by atoms with van der Waals surface area (Å²) in [5.41, 5.74) is 3.76. The van der Waals surface area contributed by atoms with Gasteiger partial charge in [-0.3, -0.25) is 9.59 Å². The lowest BCUT2D eigenvalue weighted by molar-refractivity contribution is -0.133. The van der Waals surface area contributed by atoms with E-state index in [-0.39, 0.29) is 0 Å². The zero-order chi connectivity index (χ0) is 23.3. The minimum atomic E-state index is -0.699. The van der Waals surface area contributed by atoms with E-state index in [0.29, 0.717) is 23.7 Å². The van der Waals surface area contributed by atoms with E-state index in [2.05, 4.69) is 17.6 Å². The maximum absolute atomic E-state index is 12.5. The third-order valence-corrected chi connectivity index (χ3v) is 6.20. The van der Waals surface area contributed by atoms with Crippen molar-refractivity contribution in [1.82, 2.24) is 0 Å². The molecular weight excluding hydrogens is 412 g/mol. The zero-order valence-corrected chi connectivity index (χ0v) is 20.0. The average molecular weight is 451 g/mol. The second kappa shape index (κ2) is 13.7. The third-order valence-electron chi connectivity index (χ3n) is 6.20. The Morgan fingerprint density at radius 3 is 2.24 bits per heavy atom. The first-order chi connectivity index (χ1) is 16.2. The number of hydrogen-bond acceptors (Lipinski definition) is 3. The van der Waals surface area contributed by atoms with Crippen LogP contribution in [-0.4, -0.2) is 18.4 Å². The van der Waals surface area contributed by atoms with Crippen molar-refractivity contribution in [1.29, 1.82) is 0 Å². The van der Waals surface area contributed by atoms with Crippen LogP contribution in [0.3, 0.4) is 0 Å². The molecule has 33 heavy (non-hydrogen) atoms. The summed E-state index contributed by atoms with van der Waals surface area (Å²) in [6, 6.07) is 13.1. The van der Waals surface area contributed by atoms with Gasteiger partial charge in [-0.05, 0) is 61.1 Å². The van der Waals surface area contributed by atoms with Crippen molar-refractivity contribution in [3.8, 4) is 5.75 Å². The Hall–Kier alpha value is -2.82. The number of para-hydroxylation sites is 2. The molecule has 5 nitrogen and oxygen atoms in total. The van der Waals surface area contributed by atoms with Gasteiger partial charge in [0, 0.05) is 5.69 Å². The highest BCUT2D eigenvalue weighted by atomic mass is 16.5. The smallest absolute Gasteiger partial charge is 0.314 e. The van der Waals surface area contributed by atoms with Crippen LogP contribution < -0.4 is 15.4 Å². The lowest BCUT2D eigenvalue weighted by Crippen LogP contribution is -2.29. The van der Waals surface area contributed by atoms with E-state index in [4.69, 9.17) is 4.74 Å². The molecule has 2 aromatic carbocycles. The van der Waals surface area contributed by atoms with Crippen LogP contribution in [0, 0.1) is 0 Å². The van der Waals surface area contributed by atoms with Crippen LogP contribution >= 0.6 is 0 Å². The predicted molar refractivity (Wildman–Crippen MR) is 135 cm³/mol. The molecule has 0 saturated heterocycles. The molecule has 0 spiro atoms. The zero-order valence-electron chi connectivity index (χ0n) is 20.0. The van der Waals surface area contributed by atoms with Crippen LogP contribution in [-0.2, 0) is 22.4 Å². The lowest BCUT2D eigenvalue weighted by Gasteiger charge is -2.13. The molecule has 2 N–H and O–H groups in total. The van der Waals surface area contributed by atoms with E-state index in [1.54, 1.807) is 6.07 Å². The number of aryl methyl sites for hydroxylation is 2. The Bertz CT molecular complexity index is 910. The summed E-state index contributed by atoms with van der Waals surface area (Å²) in [6.07, 6.45) is 14.6. The molecule has 0 heterocycles. The SMILES string of the molecule is CCCCCCCCCCCOc1ccccc1NC(=O)C(=O)Nc1ccc2c(c1)CCC2. The maximum Gasteiger partial charge on any atom is 0.314 e. The highest BCUT2D eigenvalue weighted by Gasteiger charge is 2.17. The molecule has 0 bridgehead atoms. The summed E-state index contributed by atoms with van der Waals surface area (Å²) >= 11 is 0. The highest BCUT2D eigenvalue weighted by Crippen LogP contribution is 2.26. The first-order valence-corrected chi connectivity index (χ1v) is 12.6. The molecule has 0 saturated carbocycles. The van der Waals surface area contributed by atoms with Crippen LogP contribution in [0.5, 0.6) is 5.75 Å². The Labute approximate surface area is 198 Å². The standard InChI is InChI=1S/C28H38N2O3/c1-2-3-4-5-6-7-8-9-12-20-33-26-17-11-10-16-25(26)30-28(32)27(31)29-24-19-18-22-14-13-15-23(22)21-24/h10-11,16-19,21H,2-9,12-15,20H2,1H3,(H,29,31)(H,30,32). The van der Waals surface area contributed by atoms with Crippen LogP contribution in [0.15, 0.2) is 42.5 Å². The minimum absolute atomic E-state index is 0.516. The van der Waals surface area contributed by atoms with Gasteiger partial charge in [0.25, 0.3) is 0 Å². The van der Waals surface area contributed by atoms with Crippen molar-refractivity contribution in [2.75, 3.05) is 17.2 Å². The number of carbonyl (C=O) groups excluding carboxylic acids is 2. The van der Waals surface area contributed by atoms with Crippen LogP contribution in [0.25, 0.3) is 0 Å². The number of nitrogens with one attached hydrogen (secondary N) is 2. The summed E-state index contributed by atoms with van der Waals surface area (Å²) in [5, 5.41) is 5.40. The number of fused-ring (bicyclic) bond motifs is 1. The number of rotatable bonds is 13. The second-order valence-corrected chi connectivity index (χ2v) is 8.92. The second-order valence-electron chi connectivity index (χ2n) is 8.92. The molecule has 0 radical (unpaired) electrons. The molecule has 0 unspecified atom stereocenters. The van der Waals surface area contributed by atoms with Crippen molar-refractivity contribution in [3.05, 3.63) is 53.6 Å². The molecule has 0 aliphatic heterocycles. The third kappa shape index (κ3) is 8.23. The Morgan fingerprint density at radius 2 is 1.45 bits per heavy atom. The number of benzene rings is 2. The molecule has 5 heteroatoms. The number of hydrogen-bond donors (Lipinski definition) is 2. The molecule has 2 aromatic rings. The number of ether oxygens (including phenoxy) is 1. The largest absolute Gasteiger partial charge is 0.491 e. The van der Waals surface area contributed by atoms with Gasteiger partial charge < -0.3 is 15.4 Å². The molecular formula is C28H38N2O3. The fourth-order valence-electron chi connectivity index (χ4n) is 4.31. The quantitative estimate of drug-likeness (QED) is 0.265. The van der Waals surface area contributed by atoms with E-state index in [0.717, 1.165) is 32.1 Å². The van der Waals surface area contributed by atoms with Gasteiger partial charge in [-0.1, -0.05) is 76.5 Å². The van der Waals surface area contributed by atoms with Gasteiger partial charge in [0.05, 0.1) is 12.3 Å². The van der Waals surface area contributed by atoms with Gasteiger partial charge in [0.1, 0.15) is 5.75 Å². The van der Waals surface area contributed by atoms with Gasteiger partial charge in [-0.25, -0.2) is 0 Å². The summed E-state index contributed by atoms with van der Waals surface area (Å²) in [6.45, 7) is 2.84. The van der Waals surface area contributed by atoms with Gasteiger partial charge in [-0.2, -0.15) is 0 Å². The Balaban J connectivity index is 1.39. The molecule has 178 valence electrons. The van der Waals surface area contributed by atoms with Crippen molar-refractivity contribution in [3.63, 3.8) is 0 Å². The van der Waals surface area contributed by atoms with E-state index in [1.807, 2.05) is 36.4 Å². The first kappa shape index (κ1) is 24.8. The van der Waals surface area contributed by atoms with Crippen LogP contribution in [0.1, 0.15) is 82.3 Å². The molecule has 1 aliphatic carbocycles. The van der Waals surface area contributed by atoms with E-state index in [1.165, 1.54) is 56.1 Å². The number of unbranched alkanes of at least 4 members (excludes halogenated alkanes) is 8. The molecule has 2 amide bonds. The Kier molecular flexibility index (Phi) is 10.3. The normalized spacial score (nSPS) is 12.3. The average Bonchev–Trinajstić information content (AvgIpc) is 3.29. The monoisotopic (exact) mass is 450 g/mol. The predicted octanol–water partition coefficient (Wildman–Crippen LogP) is 6.66. The van der Waals surface area contributed by atoms with Crippen LogP contribution in [0.2, 0.25) is 0 Å². The molecule has 3 rings (SSSR count). The van der Waals surface area contributed by atoms with E-state index in [9.17, 15) is 9.59 Å².